The van der Waals surface area contributed by atoms with E-state index in [0.717, 1.165) is 0 Å². The normalized spacial score (nSPS) is 13.3. The first kappa shape index (κ1) is 12.2. The number of hydrogen-bond acceptors (Lipinski definition) is 2. The second kappa shape index (κ2) is 5.75. The van der Waals surface area contributed by atoms with E-state index in [2.05, 4.69) is 0 Å². The van der Waals surface area contributed by atoms with E-state index in [1.54, 1.807) is 13.0 Å². The van der Waals surface area contributed by atoms with Crippen molar-refractivity contribution in [3.05, 3.63) is 35.5 Å². The first-order valence-corrected chi connectivity index (χ1v) is 4.00. The second-order valence-electron chi connectivity index (χ2n) is 2.42. The molecule has 0 aliphatic rings. The van der Waals surface area contributed by atoms with Crippen LogP contribution < -0.4 is 0 Å². The molecule has 0 amide bonds. The van der Waals surface area contributed by atoms with Crippen molar-refractivity contribution in [2.45, 2.75) is 13.8 Å². The van der Waals surface area contributed by atoms with E-state index in [4.69, 9.17) is 10.2 Å². The van der Waals surface area contributed by atoms with E-state index in [-0.39, 0.29) is 11.1 Å². The maximum absolute atomic E-state index is 10.7. The molecular formula is C10H12O4. The van der Waals surface area contributed by atoms with Gasteiger partial charge in [0.15, 0.2) is 0 Å². The predicted octanol–water partition coefficient (Wildman–Crippen LogP) is 1.60. The summed E-state index contributed by atoms with van der Waals surface area (Å²) in [4.78, 5) is 21.3. The molecule has 0 fully saturated rings. The molecule has 0 heterocycles. The zero-order valence-electron chi connectivity index (χ0n) is 8.02. The van der Waals surface area contributed by atoms with E-state index in [9.17, 15) is 9.59 Å². The summed E-state index contributed by atoms with van der Waals surface area (Å²) in [5.74, 6) is -2.50. The molecule has 0 aliphatic heterocycles. The van der Waals surface area contributed by atoms with Gasteiger partial charge in [0.05, 0.1) is 11.1 Å². The highest BCUT2D eigenvalue weighted by Crippen LogP contribution is 2.10. The van der Waals surface area contributed by atoms with Crippen molar-refractivity contribution in [3.63, 3.8) is 0 Å². The van der Waals surface area contributed by atoms with E-state index in [0.29, 0.717) is 0 Å². The molecule has 0 unspecified atom stereocenters. The summed E-state index contributed by atoms with van der Waals surface area (Å²) >= 11 is 0. The minimum Gasteiger partial charge on any atom is -0.478 e. The Hall–Kier alpha value is -1.84. The van der Waals surface area contributed by atoms with Crippen LogP contribution in [0.1, 0.15) is 13.8 Å². The van der Waals surface area contributed by atoms with Crippen LogP contribution >= 0.6 is 0 Å². The monoisotopic (exact) mass is 196 g/mol. The van der Waals surface area contributed by atoms with Gasteiger partial charge in [0, 0.05) is 0 Å². The average Bonchev–Trinajstić information content (AvgIpc) is 2.10. The molecule has 4 heteroatoms. The third kappa shape index (κ3) is 3.26. The molecule has 0 aromatic carbocycles. The first-order chi connectivity index (χ1) is 6.54. The Balaban J connectivity index is 5.21. The molecule has 0 atom stereocenters. The van der Waals surface area contributed by atoms with Crippen molar-refractivity contribution in [1.29, 1.82) is 0 Å². The molecule has 76 valence electrons. The summed E-state index contributed by atoms with van der Waals surface area (Å²) in [5, 5.41) is 17.4. The van der Waals surface area contributed by atoms with Crippen molar-refractivity contribution in [2.75, 3.05) is 0 Å². The van der Waals surface area contributed by atoms with E-state index >= 15 is 0 Å². The Bertz CT molecular complexity index is 321. The van der Waals surface area contributed by atoms with Crippen LogP contribution in [0.2, 0.25) is 0 Å². The lowest BCUT2D eigenvalue weighted by atomic mass is 10.1. The lowest BCUT2D eigenvalue weighted by Crippen LogP contribution is -2.10. The molecule has 0 aromatic heterocycles. The SMILES string of the molecule is C\C=C/C=C(C(=O)O)\C(=C/C)C(=O)O. The fraction of sp³-hybridized carbons (Fsp3) is 0.200. The second-order valence-corrected chi connectivity index (χ2v) is 2.42. The van der Waals surface area contributed by atoms with Crippen molar-refractivity contribution in [3.8, 4) is 0 Å². The zero-order chi connectivity index (χ0) is 11.1. The largest absolute Gasteiger partial charge is 0.478 e. The molecule has 0 saturated heterocycles. The molecule has 0 aliphatic carbocycles. The predicted molar refractivity (Wildman–Crippen MR) is 51.9 cm³/mol. The summed E-state index contributed by atoms with van der Waals surface area (Å²) in [6, 6.07) is 0. The van der Waals surface area contributed by atoms with Crippen molar-refractivity contribution >= 4 is 11.9 Å². The third-order valence-electron chi connectivity index (χ3n) is 1.50. The first-order valence-electron chi connectivity index (χ1n) is 4.00. The molecule has 0 aromatic rings. The van der Waals surface area contributed by atoms with Gasteiger partial charge in [0.1, 0.15) is 0 Å². The van der Waals surface area contributed by atoms with Crippen molar-refractivity contribution < 1.29 is 19.8 Å². The van der Waals surface area contributed by atoms with Gasteiger partial charge in [-0.2, -0.15) is 0 Å². The van der Waals surface area contributed by atoms with Crippen molar-refractivity contribution in [1.82, 2.24) is 0 Å². The molecule has 4 nitrogen and oxygen atoms in total. The van der Waals surface area contributed by atoms with Crippen LogP contribution in [0.25, 0.3) is 0 Å². The zero-order valence-corrected chi connectivity index (χ0v) is 8.02. The van der Waals surface area contributed by atoms with Gasteiger partial charge in [-0.3, -0.25) is 0 Å². The Kier molecular flexibility index (Phi) is 4.99. The maximum Gasteiger partial charge on any atom is 0.336 e. The topological polar surface area (TPSA) is 74.6 Å². The summed E-state index contributed by atoms with van der Waals surface area (Å²) in [6.07, 6.45) is 5.62. The summed E-state index contributed by atoms with van der Waals surface area (Å²) in [6.45, 7) is 3.20. The van der Waals surface area contributed by atoms with Gasteiger partial charge in [-0.15, -0.1) is 0 Å². The van der Waals surface area contributed by atoms with Gasteiger partial charge >= 0.3 is 11.9 Å². The van der Waals surface area contributed by atoms with Crippen LogP contribution in [0.4, 0.5) is 0 Å². The van der Waals surface area contributed by atoms with Gasteiger partial charge in [-0.1, -0.05) is 18.2 Å². The number of rotatable bonds is 4. The van der Waals surface area contributed by atoms with Gasteiger partial charge in [0.2, 0.25) is 0 Å². The summed E-state index contributed by atoms with van der Waals surface area (Å²) in [7, 11) is 0. The maximum atomic E-state index is 10.7. The molecule has 0 rings (SSSR count). The molecule has 14 heavy (non-hydrogen) atoms. The summed E-state index contributed by atoms with van der Waals surface area (Å²) in [5.41, 5.74) is -0.436. The van der Waals surface area contributed by atoms with Gasteiger partial charge in [-0.25, -0.2) is 9.59 Å². The summed E-state index contributed by atoms with van der Waals surface area (Å²) < 4.78 is 0. The highest BCUT2D eigenvalue weighted by molar-refractivity contribution is 6.05. The smallest absolute Gasteiger partial charge is 0.336 e. The Morgan fingerprint density at radius 2 is 1.50 bits per heavy atom. The van der Waals surface area contributed by atoms with Crippen LogP contribution in [0.3, 0.4) is 0 Å². The Morgan fingerprint density at radius 3 is 1.79 bits per heavy atom. The number of hydrogen-bond donors (Lipinski definition) is 2. The number of carboxylic acids is 2. The van der Waals surface area contributed by atoms with Gasteiger partial charge in [-0.05, 0) is 19.9 Å². The molecule has 0 saturated carbocycles. The lowest BCUT2D eigenvalue weighted by molar-refractivity contribution is -0.136. The molecule has 0 spiro atoms. The number of carbonyl (C=O) groups is 2. The van der Waals surface area contributed by atoms with Crippen LogP contribution in [0.15, 0.2) is 35.5 Å². The van der Waals surface area contributed by atoms with E-state index < -0.39 is 11.9 Å². The lowest BCUT2D eigenvalue weighted by Gasteiger charge is -2.00. The van der Waals surface area contributed by atoms with Gasteiger partial charge in [0.25, 0.3) is 0 Å². The van der Waals surface area contributed by atoms with Crippen LogP contribution in [-0.2, 0) is 9.59 Å². The number of allylic oxidation sites excluding steroid dienone is 4. The number of carboxylic acid groups (broad SMARTS) is 2. The molecule has 2 N–H and O–H groups in total. The fourth-order valence-corrected chi connectivity index (χ4v) is 0.863. The molecular weight excluding hydrogens is 184 g/mol. The molecule has 0 bridgehead atoms. The Morgan fingerprint density at radius 1 is 1.00 bits per heavy atom. The third-order valence-corrected chi connectivity index (χ3v) is 1.50. The fourth-order valence-electron chi connectivity index (χ4n) is 0.863. The Labute approximate surface area is 81.9 Å². The quantitative estimate of drug-likeness (QED) is 0.529. The minimum absolute atomic E-state index is 0.212. The van der Waals surface area contributed by atoms with Crippen LogP contribution in [0, 0.1) is 0 Å². The van der Waals surface area contributed by atoms with Crippen LogP contribution in [0.5, 0.6) is 0 Å². The average molecular weight is 196 g/mol. The van der Waals surface area contributed by atoms with Crippen molar-refractivity contribution in [2.24, 2.45) is 0 Å². The molecule has 0 radical (unpaired) electrons. The van der Waals surface area contributed by atoms with E-state index in [1.807, 2.05) is 0 Å². The highest BCUT2D eigenvalue weighted by atomic mass is 16.4. The minimum atomic E-state index is -1.25. The standard InChI is InChI=1S/C10H12O4/c1-3-5-6-8(10(13)14)7(4-2)9(11)12/h3-6H,1-2H3,(H,11,12)(H,13,14)/b5-3-,7-4+,8-6+. The number of aliphatic carboxylic acids is 2. The highest BCUT2D eigenvalue weighted by Gasteiger charge is 2.17. The van der Waals surface area contributed by atoms with E-state index in [1.165, 1.54) is 25.2 Å². The van der Waals surface area contributed by atoms with Crippen LogP contribution in [-0.4, -0.2) is 22.2 Å². The van der Waals surface area contributed by atoms with Gasteiger partial charge < -0.3 is 10.2 Å².